The molecule has 0 aromatic rings. The van der Waals surface area contributed by atoms with E-state index in [1.165, 1.54) is 7.11 Å². The zero-order chi connectivity index (χ0) is 8.55. The van der Waals surface area contributed by atoms with Crippen LogP contribution in [0.5, 0.6) is 0 Å². The van der Waals surface area contributed by atoms with Crippen molar-refractivity contribution in [2.24, 2.45) is 17.8 Å². The quantitative estimate of drug-likeness (QED) is 0.547. The molecule has 0 aromatic carbocycles. The molecule has 0 aromatic heterocycles. The van der Waals surface area contributed by atoms with Gasteiger partial charge in [0.05, 0.1) is 13.0 Å². The normalized spacial score (nSPS) is 39.6. The maximum Gasteiger partial charge on any atom is 0.308 e. The molecule has 12 heavy (non-hydrogen) atoms. The van der Waals surface area contributed by atoms with Gasteiger partial charge in [0, 0.05) is 13.2 Å². The van der Waals surface area contributed by atoms with Gasteiger partial charge in [-0.25, -0.2) is 0 Å². The second-order valence-electron chi connectivity index (χ2n) is 3.75. The lowest BCUT2D eigenvalue weighted by Gasteiger charge is -2.07. The molecule has 1 saturated carbocycles. The number of hydrogen-bond acceptors (Lipinski definition) is 3. The van der Waals surface area contributed by atoms with Crippen LogP contribution in [0.4, 0.5) is 0 Å². The summed E-state index contributed by atoms with van der Waals surface area (Å²) in [5.41, 5.74) is 0. The molecule has 2 fully saturated rings. The molecular formula is C9H14O3. The van der Waals surface area contributed by atoms with Gasteiger partial charge in [0.1, 0.15) is 0 Å². The van der Waals surface area contributed by atoms with Crippen LogP contribution in [0.1, 0.15) is 12.8 Å². The van der Waals surface area contributed by atoms with Crippen LogP contribution in [0.2, 0.25) is 0 Å². The van der Waals surface area contributed by atoms with E-state index in [0.717, 1.165) is 26.1 Å². The summed E-state index contributed by atoms with van der Waals surface area (Å²) in [7, 11) is 1.47. The lowest BCUT2D eigenvalue weighted by Crippen LogP contribution is -2.14. The first-order chi connectivity index (χ1) is 5.81. The second-order valence-corrected chi connectivity index (χ2v) is 3.75. The maximum atomic E-state index is 11.2. The summed E-state index contributed by atoms with van der Waals surface area (Å²) in [6, 6.07) is 0. The van der Waals surface area contributed by atoms with E-state index < -0.39 is 0 Å². The fraction of sp³-hybridized carbons (Fsp3) is 0.889. The van der Waals surface area contributed by atoms with Crippen molar-refractivity contribution in [1.29, 1.82) is 0 Å². The van der Waals surface area contributed by atoms with Gasteiger partial charge in [-0.05, 0) is 24.7 Å². The summed E-state index contributed by atoms with van der Waals surface area (Å²) in [6.07, 6.45) is 1.94. The third-order valence-corrected chi connectivity index (χ3v) is 3.04. The van der Waals surface area contributed by atoms with Crippen molar-refractivity contribution in [3.63, 3.8) is 0 Å². The Labute approximate surface area is 72.0 Å². The Morgan fingerprint density at radius 1 is 1.33 bits per heavy atom. The number of ether oxygens (including phenoxy) is 2. The molecule has 68 valence electrons. The van der Waals surface area contributed by atoms with Crippen LogP contribution >= 0.6 is 0 Å². The van der Waals surface area contributed by atoms with Crippen molar-refractivity contribution in [2.75, 3.05) is 20.3 Å². The van der Waals surface area contributed by atoms with Crippen molar-refractivity contribution in [1.82, 2.24) is 0 Å². The van der Waals surface area contributed by atoms with Gasteiger partial charge >= 0.3 is 5.97 Å². The molecule has 1 saturated heterocycles. The van der Waals surface area contributed by atoms with E-state index in [9.17, 15) is 4.79 Å². The molecule has 1 aliphatic carbocycles. The highest BCUT2D eigenvalue weighted by atomic mass is 16.5. The second kappa shape index (κ2) is 3.05. The first-order valence-electron chi connectivity index (χ1n) is 4.47. The smallest absolute Gasteiger partial charge is 0.308 e. The van der Waals surface area contributed by atoms with Crippen LogP contribution in [0.25, 0.3) is 0 Å². The lowest BCUT2D eigenvalue weighted by atomic mass is 10.0. The average Bonchev–Trinajstić information content (AvgIpc) is 2.60. The average molecular weight is 170 g/mol. The van der Waals surface area contributed by atoms with Gasteiger partial charge in [-0.2, -0.15) is 0 Å². The minimum atomic E-state index is -0.0376. The van der Waals surface area contributed by atoms with Crippen molar-refractivity contribution < 1.29 is 14.3 Å². The van der Waals surface area contributed by atoms with E-state index in [2.05, 4.69) is 0 Å². The van der Waals surface area contributed by atoms with Gasteiger partial charge < -0.3 is 9.47 Å². The molecule has 1 heterocycles. The summed E-state index contributed by atoms with van der Waals surface area (Å²) < 4.78 is 10.0. The van der Waals surface area contributed by atoms with Crippen LogP contribution in [-0.2, 0) is 14.3 Å². The number of carbonyl (C=O) groups is 1. The molecular weight excluding hydrogens is 156 g/mol. The Balaban J connectivity index is 1.94. The minimum Gasteiger partial charge on any atom is -0.469 e. The van der Waals surface area contributed by atoms with Crippen molar-refractivity contribution in [3.05, 3.63) is 0 Å². The van der Waals surface area contributed by atoms with Gasteiger partial charge in [0.2, 0.25) is 0 Å². The minimum absolute atomic E-state index is 0.0376. The van der Waals surface area contributed by atoms with Crippen LogP contribution in [-0.4, -0.2) is 26.3 Å². The van der Waals surface area contributed by atoms with Gasteiger partial charge in [-0.3, -0.25) is 4.79 Å². The van der Waals surface area contributed by atoms with Crippen LogP contribution in [0.3, 0.4) is 0 Å². The molecule has 2 aliphatic rings. The zero-order valence-electron chi connectivity index (χ0n) is 7.29. The Morgan fingerprint density at radius 3 is 2.42 bits per heavy atom. The number of rotatable bonds is 1. The number of hydrogen-bond donors (Lipinski definition) is 0. The molecule has 3 nitrogen and oxygen atoms in total. The summed E-state index contributed by atoms with van der Waals surface area (Å²) in [4.78, 5) is 11.2. The molecule has 2 atom stereocenters. The first-order valence-corrected chi connectivity index (χ1v) is 4.47. The van der Waals surface area contributed by atoms with Crippen LogP contribution in [0, 0.1) is 17.8 Å². The standard InChI is InChI=1S/C9H14O3/c1-11-9(10)6-2-7-4-12-5-8(7)3-6/h6-8H,2-5H2,1H3. The topological polar surface area (TPSA) is 35.5 Å². The fourth-order valence-corrected chi connectivity index (χ4v) is 2.35. The van der Waals surface area contributed by atoms with E-state index in [4.69, 9.17) is 9.47 Å². The summed E-state index contributed by atoms with van der Waals surface area (Å²) in [5, 5.41) is 0. The predicted octanol–water partition coefficient (Wildman–Crippen LogP) is 0.832. The third kappa shape index (κ3) is 1.22. The number of carbonyl (C=O) groups excluding carboxylic acids is 1. The van der Waals surface area contributed by atoms with Gasteiger partial charge in [0.15, 0.2) is 0 Å². The van der Waals surface area contributed by atoms with Crippen LogP contribution < -0.4 is 0 Å². The number of methoxy groups -OCH3 is 1. The molecule has 3 heteroatoms. The highest BCUT2D eigenvalue weighted by molar-refractivity contribution is 5.72. The summed E-state index contributed by atoms with van der Waals surface area (Å²) in [6.45, 7) is 1.69. The number of fused-ring (bicyclic) bond motifs is 1. The van der Waals surface area contributed by atoms with E-state index in [1.807, 2.05) is 0 Å². The monoisotopic (exact) mass is 170 g/mol. The molecule has 2 rings (SSSR count). The molecule has 0 radical (unpaired) electrons. The Hall–Kier alpha value is -0.570. The first kappa shape index (κ1) is 8.05. The lowest BCUT2D eigenvalue weighted by molar-refractivity contribution is -0.145. The Morgan fingerprint density at radius 2 is 1.92 bits per heavy atom. The van der Waals surface area contributed by atoms with Crippen molar-refractivity contribution in [2.45, 2.75) is 12.8 Å². The Bertz CT molecular complexity index is 178. The summed E-state index contributed by atoms with van der Waals surface area (Å²) in [5.74, 6) is 1.35. The van der Waals surface area contributed by atoms with Crippen molar-refractivity contribution >= 4 is 5.97 Å². The van der Waals surface area contributed by atoms with Crippen LogP contribution in [0.15, 0.2) is 0 Å². The van der Waals surface area contributed by atoms with E-state index in [-0.39, 0.29) is 11.9 Å². The largest absolute Gasteiger partial charge is 0.469 e. The molecule has 1 aliphatic heterocycles. The van der Waals surface area contributed by atoms with E-state index in [1.54, 1.807) is 0 Å². The Kier molecular flexibility index (Phi) is 2.05. The van der Waals surface area contributed by atoms with E-state index >= 15 is 0 Å². The van der Waals surface area contributed by atoms with Gasteiger partial charge in [0.25, 0.3) is 0 Å². The van der Waals surface area contributed by atoms with Gasteiger partial charge in [-0.1, -0.05) is 0 Å². The molecule has 0 spiro atoms. The third-order valence-electron chi connectivity index (χ3n) is 3.04. The predicted molar refractivity (Wildman–Crippen MR) is 42.5 cm³/mol. The highest BCUT2D eigenvalue weighted by Crippen LogP contribution is 2.40. The molecule has 0 amide bonds. The molecule has 0 bridgehead atoms. The zero-order valence-corrected chi connectivity index (χ0v) is 7.29. The summed E-state index contributed by atoms with van der Waals surface area (Å²) >= 11 is 0. The SMILES string of the molecule is COC(=O)C1CC2COCC2C1. The fourth-order valence-electron chi connectivity index (χ4n) is 2.35. The maximum absolute atomic E-state index is 11.2. The van der Waals surface area contributed by atoms with E-state index in [0.29, 0.717) is 11.8 Å². The molecule has 0 N–H and O–H groups in total. The van der Waals surface area contributed by atoms with Gasteiger partial charge in [-0.15, -0.1) is 0 Å². The molecule has 2 unspecified atom stereocenters. The highest BCUT2D eigenvalue weighted by Gasteiger charge is 2.41. The van der Waals surface area contributed by atoms with Crippen molar-refractivity contribution in [3.8, 4) is 0 Å². The number of esters is 1.